The van der Waals surface area contributed by atoms with Crippen LogP contribution in [0.1, 0.15) is 16.8 Å². The lowest BCUT2D eigenvalue weighted by Crippen LogP contribution is -2.49. The summed E-state index contributed by atoms with van der Waals surface area (Å²) in [5.41, 5.74) is 3.53. The summed E-state index contributed by atoms with van der Waals surface area (Å²) >= 11 is 3.36. The first-order chi connectivity index (χ1) is 17.8. The molecule has 1 saturated heterocycles. The largest absolute Gasteiger partial charge is 0.354 e. The highest BCUT2D eigenvalue weighted by Gasteiger charge is 2.30. The Morgan fingerprint density at radius 1 is 0.892 bits per heavy atom. The molecule has 0 saturated carbocycles. The Labute approximate surface area is 225 Å². The number of anilines is 1. The first kappa shape index (κ1) is 25.5. The molecule has 1 aromatic heterocycles. The lowest BCUT2D eigenvalue weighted by atomic mass is 10.0. The Morgan fingerprint density at radius 3 is 2.27 bits per heavy atom. The first-order valence-corrected chi connectivity index (χ1v) is 14.2. The van der Waals surface area contributed by atoms with Crippen molar-refractivity contribution in [3.63, 3.8) is 0 Å². The summed E-state index contributed by atoms with van der Waals surface area (Å²) in [6.07, 6.45) is 0.642. The molecule has 5 rings (SSSR count). The molecule has 0 bridgehead atoms. The van der Waals surface area contributed by atoms with Gasteiger partial charge in [-0.25, -0.2) is 22.8 Å². The van der Waals surface area contributed by atoms with Gasteiger partial charge in [0.2, 0.25) is 10.0 Å². The second kappa shape index (κ2) is 10.7. The molecule has 0 unspecified atom stereocenters. The van der Waals surface area contributed by atoms with Crippen LogP contribution < -0.4 is 4.90 Å². The van der Waals surface area contributed by atoms with Gasteiger partial charge in [0.05, 0.1) is 4.90 Å². The number of sulfonamides is 1. The topological polar surface area (TPSA) is 66.4 Å². The predicted molar refractivity (Wildman–Crippen MR) is 147 cm³/mol. The number of aromatic nitrogens is 2. The summed E-state index contributed by atoms with van der Waals surface area (Å²) in [7, 11) is -3.60. The van der Waals surface area contributed by atoms with Gasteiger partial charge in [-0.3, -0.25) is 0 Å². The van der Waals surface area contributed by atoms with Gasteiger partial charge >= 0.3 is 0 Å². The van der Waals surface area contributed by atoms with Crippen LogP contribution in [-0.4, -0.2) is 48.9 Å². The fourth-order valence-electron chi connectivity index (χ4n) is 4.50. The molecule has 0 spiro atoms. The average molecular weight is 582 g/mol. The first-order valence-electron chi connectivity index (χ1n) is 12.0. The van der Waals surface area contributed by atoms with E-state index in [1.807, 2.05) is 25.1 Å². The van der Waals surface area contributed by atoms with Crippen molar-refractivity contribution in [2.45, 2.75) is 18.2 Å². The van der Waals surface area contributed by atoms with Gasteiger partial charge in [0.25, 0.3) is 0 Å². The molecule has 0 atom stereocenters. The fourth-order valence-corrected chi connectivity index (χ4v) is 6.19. The Kier molecular flexibility index (Phi) is 7.37. The van der Waals surface area contributed by atoms with Crippen molar-refractivity contribution in [2.24, 2.45) is 0 Å². The minimum absolute atomic E-state index is 0.278. The molecule has 4 aromatic rings. The molecule has 0 N–H and O–H groups in total. The second-order valence-corrected chi connectivity index (χ2v) is 11.8. The van der Waals surface area contributed by atoms with Crippen molar-refractivity contribution >= 4 is 31.8 Å². The quantitative estimate of drug-likeness (QED) is 0.303. The molecule has 1 aliphatic rings. The highest BCUT2D eigenvalue weighted by atomic mass is 79.9. The number of rotatable bonds is 6. The molecule has 2 heterocycles. The van der Waals surface area contributed by atoms with E-state index in [-0.39, 0.29) is 10.7 Å². The summed E-state index contributed by atoms with van der Waals surface area (Å²) in [6, 6.07) is 23.1. The van der Waals surface area contributed by atoms with Gasteiger partial charge in [0.1, 0.15) is 11.6 Å². The standard InChI is InChI=1S/C28H26BrFN4O2S/c1-20-26(18-21-6-3-2-4-7-21)28(32-27(31-20)22-8-5-9-24(30)19-22)33-14-16-34(17-15-33)37(35,36)25-12-10-23(29)11-13-25/h2-13,19H,14-18H2,1H3. The Bertz CT molecular complexity index is 1510. The van der Waals surface area contributed by atoms with E-state index in [0.717, 1.165) is 27.1 Å². The zero-order valence-electron chi connectivity index (χ0n) is 20.3. The number of halogens is 2. The van der Waals surface area contributed by atoms with Crippen molar-refractivity contribution in [1.29, 1.82) is 0 Å². The van der Waals surface area contributed by atoms with Crippen LogP contribution in [0.4, 0.5) is 10.2 Å². The highest BCUT2D eigenvalue weighted by molar-refractivity contribution is 9.10. The van der Waals surface area contributed by atoms with E-state index in [0.29, 0.717) is 44.0 Å². The van der Waals surface area contributed by atoms with E-state index in [1.165, 1.54) is 16.4 Å². The van der Waals surface area contributed by atoms with Gasteiger partial charge in [-0.1, -0.05) is 58.4 Å². The van der Waals surface area contributed by atoms with Crippen LogP contribution in [0.2, 0.25) is 0 Å². The van der Waals surface area contributed by atoms with Crippen molar-refractivity contribution in [3.8, 4) is 11.4 Å². The molecule has 0 radical (unpaired) electrons. The summed E-state index contributed by atoms with van der Waals surface area (Å²) < 4.78 is 42.7. The van der Waals surface area contributed by atoms with Crippen molar-refractivity contribution in [3.05, 3.63) is 106 Å². The highest BCUT2D eigenvalue weighted by Crippen LogP contribution is 2.29. The number of hydrogen-bond donors (Lipinski definition) is 0. The van der Waals surface area contributed by atoms with Gasteiger partial charge in [0.15, 0.2) is 5.82 Å². The van der Waals surface area contributed by atoms with Crippen LogP contribution in [0.5, 0.6) is 0 Å². The zero-order chi connectivity index (χ0) is 26.0. The third kappa shape index (κ3) is 5.58. The van der Waals surface area contributed by atoms with E-state index in [1.54, 1.807) is 36.4 Å². The zero-order valence-corrected chi connectivity index (χ0v) is 22.7. The molecule has 1 fully saturated rings. The van der Waals surface area contributed by atoms with Crippen LogP contribution in [0.25, 0.3) is 11.4 Å². The fraction of sp³-hybridized carbons (Fsp3) is 0.214. The average Bonchev–Trinajstić information content (AvgIpc) is 2.90. The van der Waals surface area contributed by atoms with E-state index in [4.69, 9.17) is 9.97 Å². The van der Waals surface area contributed by atoms with Crippen LogP contribution >= 0.6 is 15.9 Å². The van der Waals surface area contributed by atoms with Gasteiger partial charge in [-0.2, -0.15) is 4.31 Å². The Hall–Kier alpha value is -3.14. The third-order valence-electron chi connectivity index (χ3n) is 6.49. The van der Waals surface area contributed by atoms with Crippen molar-refractivity contribution < 1.29 is 12.8 Å². The maximum atomic E-state index is 14.0. The molecule has 0 aliphatic carbocycles. The smallest absolute Gasteiger partial charge is 0.243 e. The molecule has 190 valence electrons. The second-order valence-electron chi connectivity index (χ2n) is 8.95. The van der Waals surface area contributed by atoms with E-state index in [9.17, 15) is 12.8 Å². The van der Waals surface area contributed by atoms with Crippen molar-refractivity contribution in [1.82, 2.24) is 14.3 Å². The summed E-state index contributed by atoms with van der Waals surface area (Å²) in [4.78, 5) is 12.0. The SMILES string of the molecule is Cc1nc(-c2cccc(F)c2)nc(N2CCN(S(=O)(=O)c3ccc(Br)cc3)CC2)c1Cc1ccccc1. The van der Waals surface area contributed by atoms with Gasteiger partial charge in [-0.15, -0.1) is 0 Å². The van der Waals surface area contributed by atoms with Gasteiger partial charge < -0.3 is 4.90 Å². The molecule has 0 amide bonds. The predicted octanol–water partition coefficient (Wildman–Crippen LogP) is 5.46. The van der Waals surface area contributed by atoms with Crippen LogP contribution in [0.15, 0.2) is 88.2 Å². The van der Waals surface area contributed by atoms with Gasteiger partial charge in [0, 0.05) is 53.9 Å². The number of hydrogen-bond acceptors (Lipinski definition) is 5. The molecule has 1 aliphatic heterocycles. The number of aryl methyl sites for hydroxylation is 1. The number of piperazine rings is 1. The molecular weight excluding hydrogens is 555 g/mol. The molecule has 37 heavy (non-hydrogen) atoms. The van der Waals surface area contributed by atoms with E-state index < -0.39 is 10.0 Å². The summed E-state index contributed by atoms with van der Waals surface area (Å²) in [5.74, 6) is 0.866. The Morgan fingerprint density at radius 2 is 1.59 bits per heavy atom. The van der Waals surface area contributed by atoms with E-state index in [2.05, 4.69) is 33.0 Å². The summed E-state index contributed by atoms with van der Waals surface area (Å²) in [6.45, 7) is 3.58. The normalized spacial score (nSPS) is 14.6. The van der Waals surface area contributed by atoms with Crippen LogP contribution in [-0.2, 0) is 16.4 Å². The lowest BCUT2D eigenvalue weighted by Gasteiger charge is -2.36. The third-order valence-corrected chi connectivity index (χ3v) is 8.93. The van der Waals surface area contributed by atoms with Crippen molar-refractivity contribution in [2.75, 3.05) is 31.1 Å². The number of nitrogens with zero attached hydrogens (tertiary/aromatic N) is 4. The maximum Gasteiger partial charge on any atom is 0.243 e. The number of benzene rings is 3. The van der Waals surface area contributed by atoms with Crippen LogP contribution in [0, 0.1) is 12.7 Å². The monoisotopic (exact) mass is 580 g/mol. The molecular formula is C28H26BrFN4O2S. The maximum absolute atomic E-state index is 14.0. The lowest BCUT2D eigenvalue weighted by molar-refractivity contribution is 0.383. The van der Waals surface area contributed by atoms with Gasteiger partial charge in [-0.05, 0) is 48.9 Å². The van der Waals surface area contributed by atoms with E-state index >= 15 is 0 Å². The Balaban J connectivity index is 1.46. The molecule has 9 heteroatoms. The minimum Gasteiger partial charge on any atom is -0.354 e. The summed E-state index contributed by atoms with van der Waals surface area (Å²) in [5, 5.41) is 0. The molecule has 6 nitrogen and oxygen atoms in total. The van der Waals surface area contributed by atoms with Crippen LogP contribution in [0.3, 0.4) is 0 Å². The minimum atomic E-state index is -3.60. The molecule has 3 aromatic carbocycles.